The van der Waals surface area contributed by atoms with Crippen molar-refractivity contribution in [2.24, 2.45) is 4.99 Å². The number of aliphatic imine (C=N–C) groups is 1. The van der Waals surface area contributed by atoms with Crippen LogP contribution in [0.1, 0.15) is 19.4 Å². The number of hydrogen-bond acceptors (Lipinski definition) is 3. The number of nitrogens with zero attached hydrogens (tertiary/aromatic N) is 1. The summed E-state index contributed by atoms with van der Waals surface area (Å²) < 4.78 is 5.00. The first-order valence-corrected chi connectivity index (χ1v) is 7.03. The molecule has 0 aromatic heterocycles. The Kier molecular flexibility index (Phi) is 7.89. The molecule has 21 heavy (non-hydrogen) atoms. The number of amides is 1. The van der Waals surface area contributed by atoms with Crippen molar-refractivity contribution in [2.75, 3.05) is 32.1 Å². The zero-order valence-electron chi connectivity index (χ0n) is 12.9. The van der Waals surface area contributed by atoms with E-state index < -0.39 is 0 Å². The molecule has 0 aliphatic heterocycles. The highest BCUT2D eigenvalue weighted by Gasteiger charge is 1.99. The molecule has 1 rings (SSSR count). The smallest absolute Gasteiger partial charge is 0.221 e. The van der Waals surface area contributed by atoms with Crippen LogP contribution in [0.2, 0.25) is 0 Å². The number of rotatable bonds is 7. The van der Waals surface area contributed by atoms with E-state index in [1.165, 1.54) is 6.92 Å². The normalized spacial score (nSPS) is 11.1. The van der Waals surface area contributed by atoms with E-state index in [-0.39, 0.29) is 5.91 Å². The molecule has 0 spiro atoms. The summed E-state index contributed by atoms with van der Waals surface area (Å²) >= 11 is 0. The topological polar surface area (TPSA) is 74.8 Å². The average molecular weight is 292 g/mol. The molecular formula is C15H24N4O2. The zero-order valence-corrected chi connectivity index (χ0v) is 12.9. The van der Waals surface area contributed by atoms with Crippen LogP contribution in [0.3, 0.4) is 0 Å². The molecule has 0 bridgehead atoms. The minimum Gasteiger partial charge on any atom is -0.383 e. The zero-order chi connectivity index (χ0) is 15.5. The Labute approximate surface area is 126 Å². The van der Waals surface area contributed by atoms with Gasteiger partial charge in [-0.3, -0.25) is 4.79 Å². The fourth-order valence-corrected chi connectivity index (χ4v) is 1.73. The lowest BCUT2D eigenvalue weighted by atomic mass is 10.2. The maximum Gasteiger partial charge on any atom is 0.221 e. The molecular weight excluding hydrogens is 268 g/mol. The summed E-state index contributed by atoms with van der Waals surface area (Å²) in [5.41, 5.74) is 1.82. The van der Waals surface area contributed by atoms with Gasteiger partial charge in [0.25, 0.3) is 0 Å². The SMILES string of the molecule is CCNC(=NCc1cccc(NC(C)=O)c1)NCCOC. The number of benzene rings is 1. The highest BCUT2D eigenvalue weighted by atomic mass is 16.5. The Bertz CT molecular complexity index is 474. The molecule has 3 N–H and O–H groups in total. The number of guanidine groups is 1. The van der Waals surface area contributed by atoms with E-state index in [0.717, 1.165) is 23.8 Å². The van der Waals surface area contributed by atoms with Crippen LogP contribution in [0, 0.1) is 0 Å². The van der Waals surface area contributed by atoms with Crippen molar-refractivity contribution in [1.29, 1.82) is 0 Å². The van der Waals surface area contributed by atoms with Gasteiger partial charge >= 0.3 is 0 Å². The second-order valence-electron chi connectivity index (χ2n) is 4.50. The molecule has 6 heteroatoms. The molecule has 1 amide bonds. The standard InChI is InChI=1S/C15H24N4O2/c1-4-16-15(17-8-9-21-3)18-11-13-6-5-7-14(10-13)19-12(2)20/h5-7,10H,4,8-9,11H2,1-3H3,(H,19,20)(H2,16,17,18). The van der Waals surface area contributed by atoms with Crippen molar-refractivity contribution in [3.05, 3.63) is 29.8 Å². The minimum absolute atomic E-state index is 0.0785. The number of carbonyl (C=O) groups excluding carboxylic acids is 1. The third-order valence-corrected chi connectivity index (χ3v) is 2.61. The molecule has 0 aliphatic rings. The molecule has 0 atom stereocenters. The first-order chi connectivity index (χ1) is 10.2. The first kappa shape index (κ1) is 17.0. The van der Waals surface area contributed by atoms with E-state index in [9.17, 15) is 4.79 Å². The van der Waals surface area contributed by atoms with Gasteiger partial charge in [-0.05, 0) is 24.6 Å². The second kappa shape index (κ2) is 9.77. The van der Waals surface area contributed by atoms with Gasteiger partial charge in [-0.25, -0.2) is 4.99 Å². The molecule has 1 aromatic carbocycles. The van der Waals surface area contributed by atoms with E-state index in [1.807, 2.05) is 31.2 Å². The Balaban J connectivity index is 2.63. The van der Waals surface area contributed by atoms with Crippen LogP contribution in [-0.4, -0.2) is 38.7 Å². The number of ether oxygens (including phenoxy) is 1. The van der Waals surface area contributed by atoms with Crippen molar-refractivity contribution >= 4 is 17.6 Å². The van der Waals surface area contributed by atoms with Gasteiger partial charge in [0.15, 0.2) is 5.96 Å². The third kappa shape index (κ3) is 7.31. The van der Waals surface area contributed by atoms with Crippen LogP contribution in [0.25, 0.3) is 0 Å². The van der Waals surface area contributed by atoms with Gasteiger partial charge in [0.2, 0.25) is 5.91 Å². The summed E-state index contributed by atoms with van der Waals surface area (Å²) in [5, 5.41) is 9.12. The average Bonchev–Trinajstić information content (AvgIpc) is 2.44. The van der Waals surface area contributed by atoms with Gasteiger partial charge in [0.1, 0.15) is 0 Å². The lowest BCUT2D eigenvalue weighted by molar-refractivity contribution is -0.114. The third-order valence-electron chi connectivity index (χ3n) is 2.61. The van der Waals surface area contributed by atoms with Gasteiger partial charge in [0.05, 0.1) is 13.2 Å². The highest BCUT2D eigenvalue weighted by molar-refractivity contribution is 5.88. The fourth-order valence-electron chi connectivity index (χ4n) is 1.73. The lowest BCUT2D eigenvalue weighted by Crippen LogP contribution is -2.38. The van der Waals surface area contributed by atoms with Crippen molar-refractivity contribution in [3.63, 3.8) is 0 Å². The monoisotopic (exact) mass is 292 g/mol. The summed E-state index contributed by atoms with van der Waals surface area (Å²) in [6, 6.07) is 7.66. The van der Waals surface area contributed by atoms with Crippen molar-refractivity contribution < 1.29 is 9.53 Å². The van der Waals surface area contributed by atoms with E-state index in [4.69, 9.17) is 4.74 Å². The number of methoxy groups -OCH3 is 1. The van der Waals surface area contributed by atoms with Crippen LogP contribution >= 0.6 is 0 Å². The second-order valence-corrected chi connectivity index (χ2v) is 4.50. The molecule has 0 aliphatic carbocycles. The van der Waals surface area contributed by atoms with Gasteiger partial charge < -0.3 is 20.7 Å². The van der Waals surface area contributed by atoms with Crippen LogP contribution in [-0.2, 0) is 16.1 Å². The molecule has 0 fully saturated rings. The van der Waals surface area contributed by atoms with Crippen molar-refractivity contribution in [1.82, 2.24) is 10.6 Å². The van der Waals surface area contributed by atoms with Crippen molar-refractivity contribution in [2.45, 2.75) is 20.4 Å². The maximum absolute atomic E-state index is 11.1. The highest BCUT2D eigenvalue weighted by Crippen LogP contribution is 2.11. The van der Waals surface area contributed by atoms with Gasteiger partial charge in [-0.2, -0.15) is 0 Å². The van der Waals surface area contributed by atoms with E-state index in [1.54, 1.807) is 7.11 Å². The Morgan fingerprint density at radius 3 is 2.81 bits per heavy atom. The van der Waals surface area contributed by atoms with Crippen LogP contribution in [0.5, 0.6) is 0 Å². The molecule has 0 saturated heterocycles. The summed E-state index contributed by atoms with van der Waals surface area (Å²) in [5.74, 6) is 0.671. The molecule has 6 nitrogen and oxygen atoms in total. The maximum atomic E-state index is 11.1. The minimum atomic E-state index is -0.0785. The molecule has 0 saturated carbocycles. The summed E-state index contributed by atoms with van der Waals surface area (Å²) in [7, 11) is 1.67. The van der Waals surface area contributed by atoms with Gasteiger partial charge in [-0.15, -0.1) is 0 Å². The molecule has 0 radical (unpaired) electrons. The Hall–Kier alpha value is -2.08. The Morgan fingerprint density at radius 1 is 1.33 bits per heavy atom. The number of anilines is 1. The molecule has 0 unspecified atom stereocenters. The van der Waals surface area contributed by atoms with Gasteiger partial charge in [0, 0.05) is 32.8 Å². The first-order valence-electron chi connectivity index (χ1n) is 7.03. The summed E-state index contributed by atoms with van der Waals surface area (Å²) in [6.07, 6.45) is 0. The van der Waals surface area contributed by atoms with Crippen LogP contribution < -0.4 is 16.0 Å². The molecule has 1 aromatic rings. The Morgan fingerprint density at radius 2 is 2.14 bits per heavy atom. The van der Waals surface area contributed by atoms with Crippen molar-refractivity contribution in [3.8, 4) is 0 Å². The van der Waals surface area contributed by atoms with Crippen LogP contribution in [0.4, 0.5) is 5.69 Å². The van der Waals surface area contributed by atoms with E-state index in [2.05, 4.69) is 20.9 Å². The van der Waals surface area contributed by atoms with Crippen LogP contribution in [0.15, 0.2) is 29.3 Å². The lowest BCUT2D eigenvalue weighted by Gasteiger charge is -2.11. The van der Waals surface area contributed by atoms with E-state index >= 15 is 0 Å². The number of carbonyl (C=O) groups is 1. The molecule has 116 valence electrons. The number of hydrogen-bond donors (Lipinski definition) is 3. The fraction of sp³-hybridized carbons (Fsp3) is 0.467. The summed E-state index contributed by atoms with van der Waals surface area (Å²) in [4.78, 5) is 15.6. The predicted octanol–water partition coefficient (Wildman–Crippen LogP) is 1.35. The van der Waals surface area contributed by atoms with Gasteiger partial charge in [-0.1, -0.05) is 12.1 Å². The number of nitrogens with one attached hydrogen (secondary N) is 3. The largest absolute Gasteiger partial charge is 0.383 e. The predicted molar refractivity (Wildman–Crippen MR) is 85.4 cm³/mol. The van der Waals surface area contributed by atoms with E-state index in [0.29, 0.717) is 19.7 Å². The quantitative estimate of drug-likeness (QED) is 0.403. The summed E-state index contributed by atoms with van der Waals surface area (Å²) in [6.45, 7) is 6.18. The molecule has 0 heterocycles.